The third-order valence-corrected chi connectivity index (χ3v) is 8.27. The van der Waals surface area contributed by atoms with Crippen LogP contribution in [-0.4, -0.2) is 11.4 Å². The van der Waals surface area contributed by atoms with Crippen molar-refractivity contribution in [2.45, 2.75) is 38.5 Å². The molecule has 0 atom stereocenters. The Morgan fingerprint density at radius 2 is 0.878 bits per heavy atom. The van der Waals surface area contributed by atoms with E-state index >= 15 is 0 Å². The fourth-order valence-electron chi connectivity index (χ4n) is 5.72. The molecule has 0 aliphatic carbocycles. The third-order valence-electron chi connectivity index (χ3n) is 8.27. The van der Waals surface area contributed by atoms with Crippen LogP contribution in [0, 0.1) is 0 Å². The van der Waals surface area contributed by atoms with Crippen LogP contribution in [0.2, 0.25) is 0 Å². The van der Waals surface area contributed by atoms with Gasteiger partial charge in [0.25, 0.3) is 0 Å². The number of hydrogen-bond donors (Lipinski definition) is 0. The molecule has 0 saturated carbocycles. The quantitative estimate of drug-likeness (QED) is 0.231. The van der Waals surface area contributed by atoms with Crippen LogP contribution in [0.15, 0.2) is 131 Å². The van der Waals surface area contributed by atoms with Crippen molar-refractivity contribution in [3.8, 4) is 0 Å². The maximum atomic E-state index is 5.21. The van der Waals surface area contributed by atoms with Gasteiger partial charge in [-0.15, -0.1) is 22.8 Å². The van der Waals surface area contributed by atoms with E-state index in [0.29, 0.717) is 0 Å². The zero-order valence-electron chi connectivity index (χ0n) is 23.5. The van der Waals surface area contributed by atoms with E-state index in [-0.39, 0.29) is 17.1 Å². The first kappa shape index (κ1) is 27.0. The van der Waals surface area contributed by atoms with E-state index in [2.05, 4.69) is 125 Å². The summed E-state index contributed by atoms with van der Waals surface area (Å²) in [4.78, 5) is 20.8. The molecule has 0 N–H and O–H groups in total. The first-order chi connectivity index (χ1) is 19.3. The molecule has 3 aliphatic rings. The number of benzene rings is 2. The van der Waals surface area contributed by atoms with Crippen molar-refractivity contribution in [3.63, 3.8) is 0 Å². The number of fused-ring (bicyclic) bond motifs is 6. The standard InChI is InChI=1S/C36H30N4.Cu/c1-35(2)29-19-15-25(37-29)33(23-11-7-5-8-12-23)27-17-21-31(39-27)36(3,4)32-22-18-28(40-32)34(24-13-9-6-10-14-24)26-16-20-30(35)38-26;/h5-22H,1-4H3;/q-2;+2/b33-25-,34-28-;. The Balaban J connectivity index is 0.00000302. The van der Waals surface area contributed by atoms with Crippen LogP contribution in [0.3, 0.4) is 0 Å². The molecule has 5 heteroatoms. The summed E-state index contributed by atoms with van der Waals surface area (Å²) in [6.45, 7) is 8.77. The van der Waals surface area contributed by atoms with Gasteiger partial charge >= 0.3 is 17.1 Å². The normalized spacial score (nSPS) is 21.9. The minimum atomic E-state index is -0.394. The van der Waals surface area contributed by atoms with Crippen molar-refractivity contribution in [1.29, 1.82) is 0 Å². The van der Waals surface area contributed by atoms with Crippen LogP contribution in [0.25, 0.3) is 11.1 Å². The molecule has 3 aliphatic heterocycles. The summed E-state index contributed by atoms with van der Waals surface area (Å²) in [6.07, 6.45) is 8.50. The molecule has 0 unspecified atom stereocenters. The Labute approximate surface area is 251 Å². The number of hydrogen-bond acceptors (Lipinski definition) is 2. The zero-order chi connectivity index (χ0) is 27.5. The second-order valence-corrected chi connectivity index (χ2v) is 11.6. The largest absolute Gasteiger partial charge is 2.00 e. The van der Waals surface area contributed by atoms with E-state index in [0.717, 1.165) is 67.9 Å². The zero-order valence-corrected chi connectivity index (χ0v) is 24.4. The molecule has 2 aromatic heterocycles. The molecule has 41 heavy (non-hydrogen) atoms. The number of rotatable bonds is 2. The second kappa shape index (κ2) is 10.0. The second-order valence-electron chi connectivity index (χ2n) is 11.6. The monoisotopic (exact) mass is 581 g/mol. The average molecular weight is 582 g/mol. The first-order valence-corrected chi connectivity index (χ1v) is 13.8. The molecular formula is C36H30CuN4. The minimum Gasteiger partial charge on any atom is -0.660 e. The van der Waals surface area contributed by atoms with Crippen molar-refractivity contribution in [2.24, 2.45) is 9.98 Å². The summed E-state index contributed by atoms with van der Waals surface area (Å²) in [5, 5.41) is 0. The number of aromatic nitrogens is 2. The SMILES string of the molecule is CC1(C)C2=N/C(=C(/c3ccccc3)c3ccc([n-]3)C(C)(C)C3=N/C(=C(/c4ccccc4)c4ccc1[n-]4)C=C3)C=C2.[Cu+2]. The molecule has 1 radical (unpaired) electrons. The predicted octanol–water partition coefficient (Wildman–Crippen LogP) is 7.41. The van der Waals surface area contributed by atoms with E-state index in [1.807, 2.05) is 12.1 Å². The summed E-state index contributed by atoms with van der Waals surface area (Å²) in [7, 11) is 0. The van der Waals surface area contributed by atoms with Crippen LogP contribution >= 0.6 is 0 Å². The fourth-order valence-corrected chi connectivity index (χ4v) is 5.72. The Kier molecular flexibility index (Phi) is 6.60. The Morgan fingerprint density at radius 3 is 1.27 bits per heavy atom. The maximum Gasteiger partial charge on any atom is 2.00 e. The summed E-state index contributed by atoms with van der Waals surface area (Å²) in [6, 6.07) is 29.3. The van der Waals surface area contributed by atoms with Crippen molar-refractivity contribution >= 4 is 22.6 Å². The third kappa shape index (κ3) is 4.46. The van der Waals surface area contributed by atoms with Crippen LogP contribution in [0.4, 0.5) is 0 Å². The molecule has 205 valence electrons. The molecule has 0 spiro atoms. The Hall–Kier alpha value is -4.18. The molecule has 7 rings (SSSR count). The van der Waals surface area contributed by atoms with Gasteiger partial charge in [0.05, 0.1) is 11.4 Å². The molecule has 0 amide bonds. The van der Waals surface area contributed by atoms with E-state index in [4.69, 9.17) is 20.0 Å². The van der Waals surface area contributed by atoms with Gasteiger partial charge in [0, 0.05) is 22.3 Å². The number of aliphatic imine (C=N–C) groups is 2. The molecule has 5 heterocycles. The van der Waals surface area contributed by atoms with E-state index in [9.17, 15) is 0 Å². The summed E-state index contributed by atoms with van der Waals surface area (Å²) < 4.78 is 0. The van der Waals surface area contributed by atoms with Crippen LogP contribution in [-0.2, 0) is 27.9 Å². The molecule has 2 aromatic carbocycles. The van der Waals surface area contributed by atoms with Crippen molar-refractivity contribution < 1.29 is 17.1 Å². The van der Waals surface area contributed by atoms with Crippen LogP contribution in [0.5, 0.6) is 0 Å². The van der Waals surface area contributed by atoms with Gasteiger partial charge in [-0.1, -0.05) is 113 Å². The van der Waals surface area contributed by atoms with E-state index in [1.54, 1.807) is 0 Å². The topological polar surface area (TPSA) is 52.9 Å². The molecular weight excluding hydrogens is 552 g/mol. The van der Waals surface area contributed by atoms with Gasteiger partial charge in [-0.2, -0.15) is 0 Å². The maximum absolute atomic E-state index is 5.21. The fraction of sp³-hybridized carbons (Fsp3) is 0.167. The van der Waals surface area contributed by atoms with Gasteiger partial charge in [0.1, 0.15) is 0 Å². The van der Waals surface area contributed by atoms with Crippen molar-refractivity contribution in [2.75, 3.05) is 0 Å². The van der Waals surface area contributed by atoms with Crippen LogP contribution < -0.4 is 9.97 Å². The van der Waals surface area contributed by atoms with Gasteiger partial charge in [0.15, 0.2) is 0 Å². The molecule has 0 saturated heterocycles. The van der Waals surface area contributed by atoms with E-state index < -0.39 is 10.8 Å². The van der Waals surface area contributed by atoms with Gasteiger partial charge < -0.3 is 9.97 Å². The Bertz CT molecular complexity index is 1680. The molecule has 0 fully saturated rings. The number of allylic oxidation sites excluding steroid dienone is 4. The first-order valence-electron chi connectivity index (χ1n) is 13.8. The average Bonchev–Trinajstić information content (AvgIpc) is 3.78. The Morgan fingerprint density at radius 1 is 0.488 bits per heavy atom. The number of nitrogens with zero attached hydrogens (tertiary/aromatic N) is 4. The smallest absolute Gasteiger partial charge is 0.660 e. The predicted molar refractivity (Wildman–Crippen MR) is 164 cm³/mol. The van der Waals surface area contributed by atoms with Gasteiger partial charge in [-0.25, -0.2) is 0 Å². The van der Waals surface area contributed by atoms with Gasteiger partial charge in [0.2, 0.25) is 0 Å². The minimum absolute atomic E-state index is 0. The van der Waals surface area contributed by atoms with Gasteiger partial charge in [-0.05, 0) is 46.6 Å². The summed E-state index contributed by atoms with van der Waals surface area (Å²) in [5.41, 5.74) is 11.1. The van der Waals surface area contributed by atoms with E-state index in [1.165, 1.54) is 0 Å². The van der Waals surface area contributed by atoms with Crippen molar-refractivity contribution in [3.05, 3.63) is 155 Å². The summed E-state index contributed by atoms with van der Waals surface area (Å²) >= 11 is 0. The molecule has 8 bridgehead atoms. The molecule has 4 aromatic rings. The molecule has 4 nitrogen and oxygen atoms in total. The van der Waals surface area contributed by atoms with Crippen LogP contribution in [0.1, 0.15) is 61.6 Å². The van der Waals surface area contributed by atoms with Gasteiger partial charge in [-0.3, -0.25) is 9.98 Å². The van der Waals surface area contributed by atoms with Crippen molar-refractivity contribution in [1.82, 2.24) is 9.97 Å². The summed E-state index contributed by atoms with van der Waals surface area (Å²) in [5.74, 6) is 0.